The second-order valence-electron chi connectivity index (χ2n) is 5.79. The second-order valence-corrected chi connectivity index (χ2v) is 5.79. The van der Waals surface area contributed by atoms with E-state index in [4.69, 9.17) is 4.42 Å². The first-order valence-electron chi connectivity index (χ1n) is 8.26. The Morgan fingerprint density at radius 2 is 1.48 bits per heavy atom. The average molecular weight is 359 g/mol. The summed E-state index contributed by atoms with van der Waals surface area (Å²) in [5.74, 6) is -0.362. The molecule has 0 spiro atoms. The number of hydrogen-bond donors (Lipinski definition) is 1. The Hall–Kier alpha value is -3.80. The zero-order valence-corrected chi connectivity index (χ0v) is 14.1. The van der Waals surface area contributed by atoms with Crippen molar-refractivity contribution in [2.75, 3.05) is 5.32 Å². The maximum absolute atomic E-state index is 13.8. The number of anilines is 1. The fraction of sp³-hybridized carbons (Fsp3) is 0. The molecule has 0 atom stereocenters. The highest BCUT2D eigenvalue weighted by Gasteiger charge is 2.13. The molecule has 4 rings (SSSR count). The Morgan fingerprint density at radius 1 is 0.815 bits per heavy atom. The summed E-state index contributed by atoms with van der Waals surface area (Å²) in [6.07, 6.45) is 0. The highest BCUT2D eigenvalue weighted by atomic mass is 19.1. The van der Waals surface area contributed by atoms with Gasteiger partial charge in [0.05, 0.1) is 5.56 Å². The van der Waals surface area contributed by atoms with Crippen LogP contribution in [-0.2, 0) is 0 Å². The van der Waals surface area contributed by atoms with E-state index in [0.29, 0.717) is 23.0 Å². The van der Waals surface area contributed by atoms with Gasteiger partial charge in [-0.1, -0.05) is 36.4 Å². The minimum atomic E-state index is -0.574. The van der Waals surface area contributed by atoms with Crippen molar-refractivity contribution >= 4 is 11.6 Å². The molecular weight excluding hydrogens is 345 g/mol. The maximum Gasteiger partial charge on any atom is 0.258 e. The summed E-state index contributed by atoms with van der Waals surface area (Å²) in [6.45, 7) is 0. The number of benzene rings is 3. The van der Waals surface area contributed by atoms with Gasteiger partial charge in [0.2, 0.25) is 11.8 Å². The molecule has 0 fully saturated rings. The van der Waals surface area contributed by atoms with Crippen molar-refractivity contribution in [1.82, 2.24) is 10.2 Å². The number of nitrogens with one attached hydrogen (secondary N) is 1. The van der Waals surface area contributed by atoms with Crippen molar-refractivity contribution in [1.29, 1.82) is 0 Å². The third-order valence-corrected chi connectivity index (χ3v) is 3.93. The predicted molar refractivity (Wildman–Crippen MR) is 99.5 cm³/mol. The van der Waals surface area contributed by atoms with E-state index in [-0.39, 0.29) is 5.56 Å². The summed E-state index contributed by atoms with van der Waals surface area (Å²) in [5.41, 5.74) is 1.95. The van der Waals surface area contributed by atoms with Crippen molar-refractivity contribution in [3.05, 3.63) is 90.2 Å². The summed E-state index contributed by atoms with van der Waals surface area (Å²) < 4.78 is 19.5. The van der Waals surface area contributed by atoms with Crippen LogP contribution < -0.4 is 5.32 Å². The first kappa shape index (κ1) is 16.7. The molecule has 27 heavy (non-hydrogen) atoms. The minimum absolute atomic E-state index is 0.0212. The zero-order chi connectivity index (χ0) is 18.6. The minimum Gasteiger partial charge on any atom is -0.416 e. The molecule has 0 aliphatic heterocycles. The predicted octanol–water partition coefficient (Wildman–Crippen LogP) is 4.80. The van der Waals surface area contributed by atoms with Crippen LogP contribution in [0.15, 0.2) is 83.3 Å². The maximum atomic E-state index is 13.8. The van der Waals surface area contributed by atoms with Gasteiger partial charge in [-0.05, 0) is 42.5 Å². The first-order chi connectivity index (χ1) is 13.2. The molecule has 1 heterocycles. The normalized spacial score (nSPS) is 10.6. The molecule has 1 N–H and O–H groups in total. The standard InChI is InChI=1S/C21H14FN3O2/c22-18-12-5-4-11-17(18)19(26)23-16-10-6-9-15(13-16)21-25-24-20(27-21)14-7-2-1-3-8-14/h1-13H,(H,23,26). The summed E-state index contributed by atoms with van der Waals surface area (Å²) >= 11 is 0. The van der Waals surface area contributed by atoms with Gasteiger partial charge in [0.15, 0.2) is 0 Å². The molecule has 0 bridgehead atoms. The van der Waals surface area contributed by atoms with Crippen LogP contribution in [0.5, 0.6) is 0 Å². The van der Waals surface area contributed by atoms with Gasteiger partial charge in [0.1, 0.15) is 5.82 Å². The van der Waals surface area contributed by atoms with Gasteiger partial charge in [0.25, 0.3) is 5.91 Å². The highest BCUT2D eigenvalue weighted by molar-refractivity contribution is 6.04. The Morgan fingerprint density at radius 3 is 2.26 bits per heavy atom. The lowest BCUT2D eigenvalue weighted by atomic mass is 10.1. The molecule has 1 aromatic heterocycles. The summed E-state index contributed by atoms with van der Waals surface area (Å²) in [5, 5.41) is 10.8. The van der Waals surface area contributed by atoms with Crippen molar-refractivity contribution in [3.8, 4) is 22.9 Å². The lowest BCUT2D eigenvalue weighted by Gasteiger charge is -2.07. The van der Waals surface area contributed by atoms with Crippen LogP contribution in [0.25, 0.3) is 22.9 Å². The fourth-order valence-corrected chi connectivity index (χ4v) is 2.61. The Kier molecular flexibility index (Phi) is 4.45. The molecule has 0 saturated heterocycles. The third-order valence-electron chi connectivity index (χ3n) is 3.93. The molecule has 6 heteroatoms. The van der Waals surface area contributed by atoms with Gasteiger partial charge >= 0.3 is 0 Å². The van der Waals surface area contributed by atoms with Crippen LogP contribution in [-0.4, -0.2) is 16.1 Å². The average Bonchev–Trinajstić information content (AvgIpc) is 3.19. The van der Waals surface area contributed by atoms with Crippen LogP contribution >= 0.6 is 0 Å². The van der Waals surface area contributed by atoms with Crippen LogP contribution in [0.3, 0.4) is 0 Å². The van der Waals surface area contributed by atoms with Crippen molar-refractivity contribution in [2.24, 2.45) is 0 Å². The number of carbonyl (C=O) groups excluding carboxylic acids is 1. The summed E-state index contributed by atoms with van der Waals surface area (Å²) in [6, 6.07) is 22.2. The number of halogens is 1. The van der Waals surface area contributed by atoms with Crippen molar-refractivity contribution in [3.63, 3.8) is 0 Å². The smallest absolute Gasteiger partial charge is 0.258 e. The van der Waals surface area contributed by atoms with E-state index < -0.39 is 11.7 Å². The molecule has 3 aromatic carbocycles. The topological polar surface area (TPSA) is 68.0 Å². The Balaban J connectivity index is 1.57. The zero-order valence-electron chi connectivity index (χ0n) is 14.1. The number of rotatable bonds is 4. The molecule has 4 aromatic rings. The first-order valence-corrected chi connectivity index (χ1v) is 8.26. The Labute approximate surface area is 154 Å². The number of amides is 1. The van der Waals surface area contributed by atoms with Crippen molar-refractivity contribution in [2.45, 2.75) is 0 Å². The molecule has 5 nitrogen and oxygen atoms in total. The SMILES string of the molecule is O=C(Nc1cccc(-c2nnc(-c3ccccc3)o2)c1)c1ccccc1F. The summed E-state index contributed by atoms with van der Waals surface area (Å²) in [4.78, 5) is 12.3. The van der Waals surface area contributed by atoms with Gasteiger partial charge in [0, 0.05) is 16.8 Å². The highest BCUT2D eigenvalue weighted by Crippen LogP contribution is 2.25. The Bertz CT molecular complexity index is 1090. The molecular formula is C21H14FN3O2. The number of nitrogens with zero attached hydrogens (tertiary/aromatic N) is 2. The fourth-order valence-electron chi connectivity index (χ4n) is 2.61. The van der Waals surface area contributed by atoms with Crippen LogP contribution in [0.2, 0.25) is 0 Å². The molecule has 132 valence electrons. The number of hydrogen-bond acceptors (Lipinski definition) is 4. The van der Waals surface area contributed by atoms with Crippen LogP contribution in [0.1, 0.15) is 10.4 Å². The van der Waals surface area contributed by atoms with E-state index >= 15 is 0 Å². The van der Waals surface area contributed by atoms with Gasteiger partial charge < -0.3 is 9.73 Å². The van der Waals surface area contributed by atoms with Gasteiger partial charge in [-0.2, -0.15) is 0 Å². The van der Waals surface area contributed by atoms with Gasteiger partial charge in [-0.15, -0.1) is 10.2 Å². The quantitative estimate of drug-likeness (QED) is 0.568. The van der Waals surface area contributed by atoms with E-state index in [2.05, 4.69) is 15.5 Å². The van der Waals surface area contributed by atoms with Crippen molar-refractivity contribution < 1.29 is 13.6 Å². The second kappa shape index (κ2) is 7.21. The lowest BCUT2D eigenvalue weighted by molar-refractivity contribution is 0.102. The van der Waals surface area contributed by atoms with Gasteiger partial charge in [-0.25, -0.2) is 4.39 Å². The molecule has 0 saturated carbocycles. The number of aromatic nitrogens is 2. The van der Waals surface area contributed by atoms with E-state index in [9.17, 15) is 9.18 Å². The molecule has 0 aliphatic carbocycles. The molecule has 0 aliphatic rings. The molecule has 1 amide bonds. The molecule has 0 unspecified atom stereocenters. The van der Waals surface area contributed by atoms with E-state index in [1.807, 2.05) is 30.3 Å². The van der Waals surface area contributed by atoms with E-state index in [0.717, 1.165) is 5.56 Å². The lowest BCUT2D eigenvalue weighted by Crippen LogP contribution is -2.13. The van der Waals surface area contributed by atoms with Crippen LogP contribution in [0, 0.1) is 5.82 Å². The van der Waals surface area contributed by atoms with E-state index in [1.165, 1.54) is 18.2 Å². The summed E-state index contributed by atoms with van der Waals surface area (Å²) in [7, 11) is 0. The number of carbonyl (C=O) groups is 1. The monoisotopic (exact) mass is 359 g/mol. The van der Waals surface area contributed by atoms with E-state index in [1.54, 1.807) is 30.3 Å². The van der Waals surface area contributed by atoms with Gasteiger partial charge in [-0.3, -0.25) is 4.79 Å². The largest absolute Gasteiger partial charge is 0.416 e. The third kappa shape index (κ3) is 3.59. The molecule has 0 radical (unpaired) electrons. The van der Waals surface area contributed by atoms with Crippen LogP contribution in [0.4, 0.5) is 10.1 Å².